The first-order valence-electron chi connectivity index (χ1n) is 6.46. The Kier molecular flexibility index (Phi) is 2.70. The molecule has 3 heterocycles. The average molecular weight is 246 g/mol. The van der Waals surface area contributed by atoms with E-state index in [1.165, 1.54) is 12.8 Å². The second-order valence-corrected chi connectivity index (χ2v) is 5.27. The van der Waals surface area contributed by atoms with Gasteiger partial charge in [0.25, 0.3) is 5.91 Å². The fourth-order valence-electron chi connectivity index (χ4n) is 3.30. The number of amides is 1. The van der Waals surface area contributed by atoms with Gasteiger partial charge in [0.2, 0.25) is 0 Å². The Bertz CT molecular complexity index is 462. The van der Waals surface area contributed by atoms with Gasteiger partial charge in [0, 0.05) is 18.1 Å². The molecule has 3 rings (SSSR count). The maximum atomic E-state index is 11.2. The summed E-state index contributed by atoms with van der Waals surface area (Å²) in [6, 6.07) is 6.69. The van der Waals surface area contributed by atoms with Gasteiger partial charge in [-0.3, -0.25) is 4.79 Å². The predicted molar refractivity (Wildman–Crippen MR) is 69.3 cm³/mol. The second-order valence-electron chi connectivity index (χ2n) is 5.27. The van der Waals surface area contributed by atoms with Gasteiger partial charge in [0.1, 0.15) is 11.5 Å². The summed E-state index contributed by atoms with van der Waals surface area (Å²) in [6.07, 6.45) is 4.36. The third-order valence-electron chi connectivity index (χ3n) is 4.02. The normalized spacial score (nSPS) is 30.5. The number of aromatic nitrogens is 1. The molecule has 96 valence electrons. The molecule has 0 spiro atoms. The van der Waals surface area contributed by atoms with Crippen LogP contribution in [0.4, 0.5) is 5.82 Å². The number of nitrogens with zero attached hydrogens (tertiary/aromatic N) is 2. The quantitative estimate of drug-likeness (QED) is 0.802. The minimum Gasteiger partial charge on any atom is -0.364 e. The molecular weight excluding hydrogens is 228 g/mol. The first-order valence-corrected chi connectivity index (χ1v) is 6.46. The molecule has 2 unspecified atom stereocenters. The number of fused-ring (bicyclic) bond motifs is 2. The van der Waals surface area contributed by atoms with Crippen molar-refractivity contribution in [3.8, 4) is 0 Å². The van der Waals surface area contributed by atoms with Crippen LogP contribution in [-0.2, 0) is 0 Å². The minimum absolute atomic E-state index is 0.304. The van der Waals surface area contributed by atoms with Crippen molar-refractivity contribution in [2.24, 2.45) is 11.5 Å². The fourth-order valence-corrected chi connectivity index (χ4v) is 3.30. The molecule has 1 aromatic rings. The lowest BCUT2D eigenvalue weighted by Gasteiger charge is -2.38. The van der Waals surface area contributed by atoms with E-state index in [0.29, 0.717) is 23.8 Å². The first-order chi connectivity index (χ1) is 8.65. The maximum absolute atomic E-state index is 11.2. The summed E-state index contributed by atoms with van der Waals surface area (Å²) in [7, 11) is 0. The van der Waals surface area contributed by atoms with Gasteiger partial charge < -0.3 is 16.4 Å². The van der Waals surface area contributed by atoms with Crippen molar-refractivity contribution < 1.29 is 4.79 Å². The zero-order valence-electron chi connectivity index (χ0n) is 10.2. The number of piperidine rings is 1. The number of hydrogen-bond acceptors (Lipinski definition) is 4. The molecule has 1 amide bonds. The molecule has 2 fully saturated rings. The van der Waals surface area contributed by atoms with E-state index in [9.17, 15) is 4.79 Å². The molecular formula is C13H18N4O. The Balaban J connectivity index is 1.91. The highest BCUT2D eigenvalue weighted by atomic mass is 16.1. The number of carbonyl (C=O) groups excluding carboxylic acids is 1. The molecule has 0 aromatic carbocycles. The molecule has 2 atom stereocenters. The molecule has 4 N–H and O–H groups in total. The van der Waals surface area contributed by atoms with Gasteiger partial charge in [-0.05, 0) is 37.8 Å². The summed E-state index contributed by atoms with van der Waals surface area (Å²) >= 11 is 0. The highest BCUT2D eigenvalue weighted by molar-refractivity contribution is 5.91. The Morgan fingerprint density at radius 2 is 1.94 bits per heavy atom. The van der Waals surface area contributed by atoms with Gasteiger partial charge in [-0.2, -0.15) is 0 Å². The van der Waals surface area contributed by atoms with Crippen LogP contribution in [0.3, 0.4) is 0 Å². The van der Waals surface area contributed by atoms with E-state index >= 15 is 0 Å². The first kappa shape index (κ1) is 11.5. The molecule has 18 heavy (non-hydrogen) atoms. The van der Waals surface area contributed by atoms with Crippen molar-refractivity contribution in [2.45, 2.75) is 43.8 Å². The van der Waals surface area contributed by atoms with Crippen LogP contribution in [0.1, 0.15) is 36.2 Å². The lowest BCUT2D eigenvalue weighted by Crippen LogP contribution is -2.48. The van der Waals surface area contributed by atoms with Gasteiger partial charge in [0.15, 0.2) is 0 Å². The number of anilines is 1. The van der Waals surface area contributed by atoms with Gasteiger partial charge in [-0.15, -0.1) is 0 Å². The average Bonchev–Trinajstić information content (AvgIpc) is 2.62. The van der Waals surface area contributed by atoms with Crippen LogP contribution in [0.2, 0.25) is 0 Å². The number of rotatable bonds is 2. The van der Waals surface area contributed by atoms with Crippen molar-refractivity contribution in [3.63, 3.8) is 0 Å². The van der Waals surface area contributed by atoms with E-state index in [1.807, 2.05) is 12.1 Å². The second kappa shape index (κ2) is 4.24. The highest BCUT2D eigenvalue weighted by Crippen LogP contribution is 2.37. The van der Waals surface area contributed by atoms with Crippen molar-refractivity contribution in [3.05, 3.63) is 23.9 Å². The van der Waals surface area contributed by atoms with E-state index in [1.54, 1.807) is 6.07 Å². The summed E-state index contributed by atoms with van der Waals surface area (Å²) < 4.78 is 0. The van der Waals surface area contributed by atoms with Crippen molar-refractivity contribution in [1.82, 2.24) is 4.98 Å². The van der Waals surface area contributed by atoms with E-state index in [0.717, 1.165) is 18.7 Å². The lowest BCUT2D eigenvalue weighted by atomic mass is 9.98. The summed E-state index contributed by atoms with van der Waals surface area (Å²) in [4.78, 5) is 17.9. The number of carbonyl (C=O) groups is 1. The molecule has 5 nitrogen and oxygen atoms in total. The minimum atomic E-state index is -0.474. The van der Waals surface area contributed by atoms with Crippen molar-refractivity contribution >= 4 is 11.7 Å². The van der Waals surface area contributed by atoms with Crippen LogP contribution in [0, 0.1) is 0 Å². The summed E-state index contributed by atoms with van der Waals surface area (Å²) in [5, 5.41) is 0. The smallest absolute Gasteiger partial charge is 0.267 e. The zero-order valence-corrected chi connectivity index (χ0v) is 10.2. The van der Waals surface area contributed by atoms with Crippen LogP contribution in [0.15, 0.2) is 18.2 Å². The molecule has 2 saturated heterocycles. The molecule has 0 radical (unpaired) electrons. The van der Waals surface area contributed by atoms with Gasteiger partial charge in [0.05, 0.1) is 0 Å². The number of pyridine rings is 1. The number of primary amides is 1. The Hall–Kier alpha value is -1.62. The Labute approximate surface area is 106 Å². The number of hydrogen-bond donors (Lipinski definition) is 2. The Morgan fingerprint density at radius 1 is 1.28 bits per heavy atom. The summed E-state index contributed by atoms with van der Waals surface area (Å²) in [5.74, 6) is 0.392. The van der Waals surface area contributed by atoms with Crippen LogP contribution in [0.5, 0.6) is 0 Å². The predicted octanol–water partition coefficient (Wildman–Crippen LogP) is 0.639. The summed E-state index contributed by atoms with van der Waals surface area (Å²) in [6.45, 7) is 0. The monoisotopic (exact) mass is 246 g/mol. The van der Waals surface area contributed by atoms with Crippen molar-refractivity contribution in [1.29, 1.82) is 0 Å². The highest BCUT2D eigenvalue weighted by Gasteiger charge is 2.40. The zero-order chi connectivity index (χ0) is 12.7. The molecule has 2 aliphatic rings. The van der Waals surface area contributed by atoms with Crippen molar-refractivity contribution in [2.75, 3.05) is 4.90 Å². The molecule has 1 aromatic heterocycles. The third-order valence-corrected chi connectivity index (χ3v) is 4.02. The van der Waals surface area contributed by atoms with Gasteiger partial charge >= 0.3 is 0 Å². The SMILES string of the molecule is NC(=O)c1cccc(N2C3CCC2CC(N)C3)n1. The molecule has 5 heteroatoms. The van der Waals surface area contributed by atoms with Crippen LogP contribution >= 0.6 is 0 Å². The lowest BCUT2D eigenvalue weighted by molar-refractivity contribution is 0.0995. The molecule has 0 aliphatic carbocycles. The topological polar surface area (TPSA) is 85.2 Å². The van der Waals surface area contributed by atoms with Gasteiger partial charge in [-0.1, -0.05) is 6.07 Å². The third kappa shape index (κ3) is 1.84. The Morgan fingerprint density at radius 3 is 2.56 bits per heavy atom. The summed E-state index contributed by atoms with van der Waals surface area (Å²) in [5.41, 5.74) is 11.7. The van der Waals surface area contributed by atoms with Gasteiger partial charge in [-0.25, -0.2) is 4.98 Å². The van der Waals surface area contributed by atoms with Crippen LogP contribution in [-0.4, -0.2) is 29.0 Å². The van der Waals surface area contributed by atoms with E-state index in [4.69, 9.17) is 11.5 Å². The number of nitrogens with two attached hydrogens (primary N) is 2. The molecule has 2 aliphatic heterocycles. The van der Waals surface area contributed by atoms with Crippen LogP contribution < -0.4 is 16.4 Å². The molecule has 2 bridgehead atoms. The van der Waals surface area contributed by atoms with E-state index in [-0.39, 0.29) is 0 Å². The maximum Gasteiger partial charge on any atom is 0.267 e. The van der Waals surface area contributed by atoms with E-state index in [2.05, 4.69) is 9.88 Å². The standard InChI is InChI=1S/C13H18N4O/c14-8-6-9-4-5-10(7-8)17(9)12-3-1-2-11(16-12)13(15)18/h1-3,8-10H,4-7,14H2,(H2,15,18). The largest absolute Gasteiger partial charge is 0.364 e. The molecule has 0 saturated carbocycles. The van der Waals surface area contributed by atoms with Crippen LogP contribution in [0.25, 0.3) is 0 Å². The fraction of sp³-hybridized carbons (Fsp3) is 0.538. The van der Waals surface area contributed by atoms with E-state index < -0.39 is 5.91 Å².